The summed E-state index contributed by atoms with van der Waals surface area (Å²) in [4.78, 5) is 0. The van der Waals surface area contributed by atoms with Gasteiger partial charge in [0.1, 0.15) is 0 Å². The quantitative estimate of drug-likeness (QED) is 0.451. The average Bonchev–Trinajstić information content (AvgIpc) is 2.91. The predicted octanol–water partition coefficient (Wildman–Crippen LogP) is 5.40. The fourth-order valence-corrected chi connectivity index (χ4v) is 1.75. The molecule has 0 N–H and O–H groups in total. The van der Waals surface area contributed by atoms with E-state index < -0.39 is 0 Å². The van der Waals surface area contributed by atoms with Gasteiger partial charge in [-0.3, -0.25) is 0 Å². The summed E-state index contributed by atoms with van der Waals surface area (Å²) < 4.78 is 0. The Labute approximate surface area is 129 Å². The smallest absolute Gasteiger partial charge is 0.213 e. The van der Waals surface area contributed by atoms with Crippen molar-refractivity contribution < 1.29 is 17.1 Å². The Morgan fingerprint density at radius 2 is 0.737 bits per heavy atom. The van der Waals surface area contributed by atoms with Crippen LogP contribution in [0.1, 0.15) is 52.7 Å². The molecule has 0 spiro atoms. The van der Waals surface area contributed by atoms with E-state index in [9.17, 15) is 0 Å². The third kappa shape index (κ3) is 6.27. The van der Waals surface area contributed by atoms with E-state index in [0.29, 0.717) is 10.8 Å². The van der Waals surface area contributed by atoms with Gasteiger partial charge in [-0.1, -0.05) is 52.4 Å². The molecule has 0 unspecified atom stereocenters. The van der Waals surface area contributed by atoms with Crippen molar-refractivity contribution in [1.29, 1.82) is 0 Å². The first kappa shape index (κ1) is 18.2. The van der Waals surface area contributed by atoms with Crippen LogP contribution in [0.3, 0.4) is 0 Å². The molecule has 0 fully saturated rings. The van der Waals surface area contributed by atoms with E-state index in [2.05, 4.69) is 90.1 Å². The van der Waals surface area contributed by atoms with Crippen molar-refractivity contribution >= 4 is 0 Å². The zero-order valence-corrected chi connectivity index (χ0v) is 14.1. The SMILES string of the molecule is CC(C)(C)[c-]1cccc1.CC(C)(C)[c-]1cccc1.[Fe+2]. The fourth-order valence-electron chi connectivity index (χ4n) is 1.75. The molecule has 0 nitrogen and oxygen atoms in total. The largest absolute Gasteiger partial charge is 2.00 e. The first-order chi connectivity index (χ1) is 8.21. The molecular weight excluding hydrogens is 272 g/mol. The van der Waals surface area contributed by atoms with Crippen LogP contribution in [0, 0.1) is 0 Å². The van der Waals surface area contributed by atoms with Crippen LogP contribution < -0.4 is 0 Å². The first-order valence-corrected chi connectivity index (χ1v) is 6.65. The van der Waals surface area contributed by atoms with Crippen molar-refractivity contribution in [1.82, 2.24) is 0 Å². The molecular formula is C18H26Fe. The summed E-state index contributed by atoms with van der Waals surface area (Å²) in [5, 5.41) is 0. The predicted molar refractivity (Wildman–Crippen MR) is 81.5 cm³/mol. The Morgan fingerprint density at radius 1 is 0.526 bits per heavy atom. The minimum absolute atomic E-state index is 0. The molecule has 0 atom stereocenters. The average molecular weight is 298 g/mol. The molecule has 0 saturated heterocycles. The molecule has 0 radical (unpaired) electrons. The summed E-state index contributed by atoms with van der Waals surface area (Å²) in [6.07, 6.45) is 0. The van der Waals surface area contributed by atoms with E-state index in [1.807, 2.05) is 0 Å². The second kappa shape index (κ2) is 7.12. The second-order valence-electron chi connectivity index (χ2n) is 6.85. The molecule has 0 heterocycles. The second-order valence-corrected chi connectivity index (χ2v) is 6.85. The molecule has 2 aromatic rings. The Balaban J connectivity index is 0.000000324. The molecule has 0 saturated carbocycles. The van der Waals surface area contributed by atoms with Gasteiger partial charge in [-0.2, -0.15) is 35.4 Å². The molecule has 106 valence electrons. The van der Waals surface area contributed by atoms with Gasteiger partial charge in [0.05, 0.1) is 0 Å². The van der Waals surface area contributed by atoms with E-state index >= 15 is 0 Å². The Hall–Kier alpha value is -0.781. The van der Waals surface area contributed by atoms with Crippen LogP contribution in [0.25, 0.3) is 0 Å². The van der Waals surface area contributed by atoms with Crippen molar-refractivity contribution in [3.05, 3.63) is 59.7 Å². The maximum Gasteiger partial charge on any atom is 2.00 e. The van der Waals surface area contributed by atoms with Crippen LogP contribution in [0.15, 0.2) is 48.5 Å². The third-order valence-corrected chi connectivity index (χ3v) is 3.06. The van der Waals surface area contributed by atoms with Gasteiger partial charge in [0.2, 0.25) is 0 Å². The monoisotopic (exact) mass is 298 g/mol. The van der Waals surface area contributed by atoms with Crippen LogP contribution in [-0.4, -0.2) is 0 Å². The molecule has 0 bridgehead atoms. The van der Waals surface area contributed by atoms with Crippen LogP contribution in [0.5, 0.6) is 0 Å². The molecule has 1 heteroatoms. The fraction of sp³-hybridized carbons (Fsp3) is 0.444. The summed E-state index contributed by atoms with van der Waals surface area (Å²) in [6, 6.07) is 17.0. The topological polar surface area (TPSA) is 0 Å². The van der Waals surface area contributed by atoms with E-state index in [1.54, 1.807) is 0 Å². The van der Waals surface area contributed by atoms with Crippen molar-refractivity contribution in [2.75, 3.05) is 0 Å². The minimum atomic E-state index is 0. The normalized spacial score (nSPS) is 11.3. The first-order valence-electron chi connectivity index (χ1n) is 6.65. The summed E-state index contributed by atoms with van der Waals surface area (Å²) >= 11 is 0. The molecule has 0 amide bonds. The van der Waals surface area contributed by atoms with E-state index in [4.69, 9.17) is 0 Å². The van der Waals surface area contributed by atoms with Gasteiger partial charge in [-0.15, -0.1) is 0 Å². The van der Waals surface area contributed by atoms with Crippen LogP contribution >= 0.6 is 0 Å². The molecule has 19 heavy (non-hydrogen) atoms. The van der Waals surface area contributed by atoms with Crippen LogP contribution in [-0.2, 0) is 27.9 Å². The van der Waals surface area contributed by atoms with Crippen molar-refractivity contribution in [2.45, 2.75) is 52.4 Å². The Kier molecular flexibility index (Phi) is 6.83. The molecule has 0 aliphatic carbocycles. The maximum absolute atomic E-state index is 2.22. The molecule has 2 aromatic carbocycles. The van der Waals surface area contributed by atoms with Gasteiger partial charge >= 0.3 is 17.1 Å². The van der Waals surface area contributed by atoms with Gasteiger partial charge in [-0.05, 0) is 0 Å². The Bertz CT molecular complexity index is 375. The zero-order chi connectivity index (χ0) is 13.8. The maximum atomic E-state index is 2.22. The Morgan fingerprint density at radius 3 is 0.842 bits per heavy atom. The summed E-state index contributed by atoms with van der Waals surface area (Å²) in [5.74, 6) is 0. The van der Waals surface area contributed by atoms with Gasteiger partial charge < -0.3 is 0 Å². The standard InChI is InChI=1S/2C9H13.Fe/c2*1-9(2,3)8-6-4-5-7-8;/h2*4-7H,1-3H3;/q2*-1;+2. The van der Waals surface area contributed by atoms with Gasteiger partial charge in [-0.25, -0.2) is 24.3 Å². The van der Waals surface area contributed by atoms with Crippen molar-refractivity contribution in [3.8, 4) is 0 Å². The van der Waals surface area contributed by atoms with Gasteiger partial charge in [0, 0.05) is 0 Å². The van der Waals surface area contributed by atoms with Gasteiger partial charge in [0.25, 0.3) is 0 Å². The molecule has 0 aliphatic rings. The number of hydrogen-bond donors (Lipinski definition) is 0. The van der Waals surface area contributed by atoms with E-state index in [0.717, 1.165) is 0 Å². The van der Waals surface area contributed by atoms with Crippen LogP contribution in [0.4, 0.5) is 0 Å². The third-order valence-electron chi connectivity index (χ3n) is 3.06. The van der Waals surface area contributed by atoms with Crippen molar-refractivity contribution in [2.24, 2.45) is 0 Å². The van der Waals surface area contributed by atoms with E-state index in [-0.39, 0.29) is 17.1 Å². The van der Waals surface area contributed by atoms with E-state index in [1.165, 1.54) is 11.1 Å². The van der Waals surface area contributed by atoms with Crippen LogP contribution in [0.2, 0.25) is 0 Å². The molecule has 0 aliphatic heterocycles. The van der Waals surface area contributed by atoms with Crippen molar-refractivity contribution in [3.63, 3.8) is 0 Å². The number of hydrogen-bond acceptors (Lipinski definition) is 0. The van der Waals surface area contributed by atoms with Gasteiger partial charge in [0.15, 0.2) is 0 Å². The minimum Gasteiger partial charge on any atom is -0.213 e. The molecule has 0 aromatic heterocycles. The molecule has 2 rings (SSSR count). The summed E-state index contributed by atoms with van der Waals surface area (Å²) in [5.41, 5.74) is 3.48. The number of rotatable bonds is 0. The summed E-state index contributed by atoms with van der Waals surface area (Å²) in [7, 11) is 0. The summed E-state index contributed by atoms with van der Waals surface area (Å²) in [6.45, 7) is 13.3. The zero-order valence-electron chi connectivity index (χ0n) is 13.0.